The Labute approximate surface area is 71.4 Å². The quantitative estimate of drug-likeness (QED) is 0.626. The van der Waals surface area contributed by atoms with Gasteiger partial charge in [-0.1, -0.05) is 0 Å². The lowest BCUT2D eigenvalue weighted by Crippen LogP contribution is -2.24. The summed E-state index contributed by atoms with van der Waals surface area (Å²) < 4.78 is 1.65. The van der Waals surface area contributed by atoms with Crippen molar-refractivity contribution in [1.82, 2.24) is 20.1 Å². The van der Waals surface area contributed by atoms with E-state index in [1.54, 1.807) is 17.9 Å². The fraction of sp³-hybridized carbons (Fsp3) is 0.714. The van der Waals surface area contributed by atoms with Crippen LogP contribution in [0.4, 0.5) is 0 Å². The molecule has 68 valence electrons. The number of nitrogens with zero attached hydrogens (tertiary/aromatic N) is 3. The molecule has 0 aliphatic carbocycles. The Morgan fingerprint density at radius 3 is 3.00 bits per heavy atom. The molecule has 0 saturated heterocycles. The van der Waals surface area contributed by atoms with E-state index in [2.05, 4.69) is 15.4 Å². The molecule has 0 aliphatic rings. The minimum atomic E-state index is -0.325. The molecular weight excluding hydrogens is 156 g/mol. The van der Waals surface area contributed by atoms with Crippen molar-refractivity contribution < 1.29 is 5.11 Å². The van der Waals surface area contributed by atoms with Crippen molar-refractivity contribution in [3.63, 3.8) is 0 Å². The second-order valence-electron chi connectivity index (χ2n) is 2.81. The standard InChI is InChI=1S/C7H14N4O/c1-6(12)3-8-4-7-9-5-11(2)10-7/h5-6,8,12H,3-4H2,1-2H3/t6-/m0/s1. The Morgan fingerprint density at radius 1 is 1.75 bits per heavy atom. The van der Waals surface area contributed by atoms with Crippen LogP contribution in [-0.2, 0) is 13.6 Å². The van der Waals surface area contributed by atoms with Gasteiger partial charge in [0, 0.05) is 13.6 Å². The zero-order valence-electron chi connectivity index (χ0n) is 7.36. The summed E-state index contributed by atoms with van der Waals surface area (Å²) in [6.07, 6.45) is 1.33. The Bertz CT molecular complexity index is 233. The van der Waals surface area contributed by atoms with Gasteiger partial charge in [-0.25, -0.2) is 4.98 Å². The number of hydrogen-bond donors (Lipinski definition) is 2. The molecule has 0 amide bonds. The summed E-state index contributed by atoms with van der Waals surface area (Å²) in [5, 5.41) is 16.0. The van der Waals surface area contributed by atoms with Crippen LogP contribution in [0.5, 0.6) is 0 Å². The molecule has 1 aromatic rings. The first-order valence-corrected chi connectivity index (χ1v) is 3.92. The van der Waals surface area contributed by atoms with Crippen molar-refractivity contribution in [2.45, 2.75) is 19.6 Å². The lowest BCUT2D eigenvalue weighted by Gasteiger charge is -2.03. The number of nitrogens with one attached hydrogen (secondary N) is 1. The number of rotatable bonds is 4. The van der Waals surface area contributed by atoms with Crippen molar-refractivity contribution in [2.24, 2.45) is 7.05 Å². The average Bonchev–Trinajstić information content (AvgIpc) is 2.35. The largest absolute Gasteiger partial charge is 0.392 e. The van der Waals surface area contributed by atoms with Gasteiger partial charge in [-0.2, -0.15) is 5.10 Å². The molecule has 1 rings (SSSR count). The van der Waals surface area contributed by atoms with E-state index in [0.717, 1.165) is 5.82 Å². The van der Waals surface area contributed by atoms with Gasteiger partial charge >= 0.3 is 0 Å². The monoisotopic (exact) mass is 170 g/mol. The molecule has 12 heavy (non-hydrogen) atoms. The number of aryl methyl sites for hydroxylation is 1. The van der Waals surface area contributed by atoms with Gasteiger partial charge in [0.05, 0.1) is 12.6 Å². The first kappa shape index (κ1) is 9.15. The van der Waals surface area contributed by atoms with Crippen molar-refractivity contribution in [2.75, 3.05) is 6.54 Å². The van der Waals surface area contributed by atoms with Gasteiger partial charge in [-0.3, -0.25) is 4.68 Å². The van der Waals surface area contributed by atoms with Crippen LogP contribution in [0.15, 0.2) is 6.33 Å². The topological polar surface area (TPSA) is 63.0 Å². The summed E-state index contributed by atoms with van der Waals surface area (Å²) in [7, 11) is 1.82. The van der Waals surface area contributed by atoms with Crippen molar-refractivity contribution in [3.05, 3.63) is 12.2 Å². The van der Waals surface area contributed by atoms with Crippen LogP contribution in [0.2, 0.25) is 0 Å². The number of hydrogen-bond acceptors (Lipinski definition) is 4. The number of aliphatic hydroxyl groups excluding tert-OH is 1. The molecular formula is C7H14N4O. The predicted octanol–water partition coefficient (Wildman–Crippen LogP) is -0.715. The average molecular weight is 170 g/mol. The smallest absolute Gasteiger partial charge is 0.164 e. The first-order valence-electron chi connectivity index (χ1n) is 3.92. The minimum absolute atomic E-state index is 0.325. The molecule has 0 spiro atoms. The Hall–Kier alpha value is -0.940. The molecule has 2 N–H and O–H groups in total. The van der Waals surface area contributed by atoms with Crippen molar-refractivity contribution in [3.8, 4) is 0 Å². The highest BCUT2D eigenvalue weighted by atomic mass is 16.3. The summed E-state index contributed by atoms with van der Waals surface area (Å²) in [6.45, 7) is 2.91. The van der Waals surface area contributed by atoms with Crippen molar-refractivity contribution >= 4 is 0 Å². The van der Waals surface area contributed by atoms with Crippen LogP contribution in [0.1, 0.15) is 12.7 Å². The third-order valence-electron chi connectivity index (χ3n) is 1.37. The summed E-state index contributed by atoms with van der Waals surface area (Å²) in [5.41, 5.74) is 0. The summed E-state index contributed by atoms with van der Waals surface area (Å²) in [4.78, 5) is 4.02. The fourth-order valence-electron chi connectivity index (χ4n) is 0.858. The van der Waals surface area contributed by atoms with Crippen LogP contribution < -0.4 is 5.32 Å². The van der Waals surface area contributed by atoms with E-state index in [1.165, 1.54) is 0 Å². The second kappa shape index (κ2) is 4.18. The molecule has 0 aliphatic heterocycles. The van der Waals surface area contributed by atoms with Crippen LogP contribution in [0.3, 0.4) is 0 Å². The molecule has 0 radical (unpaired) electrons. The summed E-state index contributed by atoms with van der Waals surface area (Å²) >= 11 is 0. The summed E-state index contributed by atoms with van der Waals surface area (Å²) in [6, 6.07) is 0. The molecule has 5 nitrogen and oxygen atoms in total. The zero-order chi connectivity index (χ0) is 8.97. The highest BCUT2D eigenvalue weighted by Crippen LogP contribution is 1.86. The van der Waals surface area contributed by atoms with E-state index in [1.807, 2.05) is 7.05 Å². The third-order valence-corrected chi connectivity index (χ3v) is 1.37. The van der Waals surface area contributed by atoms with Crippen molar-refractivity contribution in [1.29, 1.82) is 0 Å². The zero-order valence-corrected chi connectivity index (χ0v) is 7.36. The molecule has 0 fully saturated rings. The van der Waals surface area contributed by atoms with Gasteiger partial charge in [-0.15, -0.1) is 0 Å². The number of aromatic nitrogens is 3. The van der Waals surface area contributed by atoms with E-state index in [9.17, 15) is 0 Å². The Morgan fingerprint density at radius 2 is 2.50 bits per heavy atom. The molecule has 5 heteroatoms. The fourth-order valence-corrected chi connectivity index (χ4v) is 0.858. The van der Waals surface area contributed by atoms with E-state index in [-0.39, 0.29) is 6.10 Å². The predicted molar refractivity (Wildman–Crippen MR) is 44.4 cm³/mol. The maximum atomic E-state index is 8.93. The Kier molecular flexibility index (Phi) is 3.19. The maximum absolute atomic E-state index is 8.93. The normalized spacial score (nSPS) is 13.2. The van der Waals surface area contributed by atoms with Crippen LogP contribution >= 0.6 is 0 Å². The molecule has 1 heterocycles. The van der Waals surface area contributed by atoms with Gasteiger partial charge in [0.2, 0.25) is 0 Å². The Balaban J connectivity index is 2.24. The van der Waals surface area contributed by atoms with E-state index in [4.69, 9.17) is 5.11 Å². The van der Waals surface area contributed by atoms with Gasteiger partial charge in [0.15, 0.2) is 5.82 Å². The molecule has 0 unspecified atom stereocenters. The van der Waals surface area contributed by atoms with Gasteiger partial charge in [0.1, 0.15) is 6.33 Å². The highest BCUT2D eigenvalue weighted by molar-refractivity contribution is 4.79. The lowest BCUT2D eigenvalue weighted by atomic mass is 10.4. The van der Waals surface area contributed by atoms with E-state index < -0.39 is 0 Å². The molecule has 0 aromatic carbocycles. The van der Waals surface area contributed by atoms with Gasteiger partial charge in [0.25, 0.3) is 0 Å². The highest BCUT2D eigenvalue weighted by Gasteiger charge is 1.98. The number of aliphatic hydroxyl groups is 1. The van der Waals surface area contributed by atoms with E-state index in [0.29, 0.717) is 13.1 Å². The third kappa shape index (κ3) is 2.98. The summed E-state index contributed by atoms with van der Waals surface area (Å²) in [5.74, 6) is 0.748. The van der Waals surface area contributed by atoms with Crippen LogP contribution in [0.25, 0.3) is 0 Å². The van der Waals surface area contributed by atoms with E-state index >= 15 is 0 Å². The van der Waals surface area contributed by atoms with Gasteiger partial charge in [-0.05, 0) is 6.92 Å². The van der Waals surface area contributed by atoms with Gasteiger partial charge < -0.3 is 10.4 Å². The van der Waals surface area contributed by atoms with Crippen LogP contribution in [0, 0.1) is 0 Å². The molecule has 1 atom stereocenters. The molecule has 0 saturated carbocycles. The SMILES string of the molecule is C[C@H](O)CNCc1ncn(C)n1. The first-order chi connectivity index (χ1) is 5.68. The lowest BCUT2D eigenvalue weighted by molar-refractivity contribution is 0.190. The van der Waals surface area contributed by atoms with Crippen LogP contribution in [-0.4, -0.2) is 32.5 Å². The molecule has 1 aromatic heterocycles. The second-order valence-corrected chi connectivity index (χ2v) is 2.81. The minimum Gasteiger partial charge on any atom is -0.392 e. The molecule has 0 bridgehead atoms. The maximum Gasteiger partial charge on any atom is 0.164 e.